The fourth-order valence-electron chi connectivity index (χ4n) is 1.52. The highest BCUT2D eigenvalue weighted by atomic mass is 28.3. The highest BCUT2D eigenvalue weighted by Gasteiger charge is 2.16. The lowest BCUT2D eigenvalue weighted by molar-refractivity contribution is 0.247. The summed E-state index contributed by atoms with van der Waals surface area (Å²) >= 11 is 0. The molecule has 0 fully saturated rings. The van der Waals surface area contributed by atoms with Crippen molar-refractivity contribution in [1.82, 2.24) is 0 Å². The van der Waals surface area contributed by atoms with Gasteiger partial charge in [-0.1, -0.05) is 50.1 Å². The predicted octanol–water partition coefficient (Wildman–Crippen LogP) is 3.11. The molecule has 0 heterocycles. The Bertz CT molecular complexity index is 258. The van der Waals surface area contributed by atoms with Crippen molar-refractivity contribution in [2.75, 3.05) is 0 Å². The third-order valence-electron chi connectivity index (χ3n) is 2.23. The molecule has 0 aliphatic heterocycles. The summed E-state index contributed by atoms with van der Waals surface area (Å²) in [7, 11) is -0.784. The van der Waals surface area contributed by atoms with E-state index in [-0.39, 0.29) is 0 Å². The minimum absolute atomic E-state index is 0.343. The van der Waals surface area contributed by atoms with Gasteiger partial charge >= 0.3 is 0 Å². The molecule has 0 saturated heterocycles. The number of hydrogen-bond donors (Lipinski definition) is 0. The second-order valence-corrected chi connectivity index (χ2v) is 6.22. The molecular weight excluding hydrogens is 200 g/mol. The first-order chi connectivity index (χ1) is 7.24. The molecule has 0 aliphatic rings. The molecule has 0 atom stereocenters. The summed E-state index contributed by atoms with van der Waals surface area (Å²) in [6, 6.07) is 11.9. The maximum Gasteiger partial charge on any atom is 0.247 e. The van der Waals surface area contributed by atoms with Crippen LogP contribution in [-0.2, 0) is 4.43 Å². The van der Waals surface area contributed by atoms with Crippen molar-refractivity contribution < 1.29 is 4.43 Å². The van der Waals surface area contributed by atoms with E-state index in [0.717, 1.165) is 0 Å². The van der Waals surface area contributed by atoms with Gasteiger partial charge < -0.3 is 4.43 Å². The zero-order chi connectivity index (χ0) is 11.1. The Labute approximate surface area is 95.2 Å². The van der Waals surface area contributed by atoms with Crippen LogP contribution in [0.4, 0.5) is 0 Å². The van der Waals surface area contributed by atoms with E-state index in [1.807, 2.05) is 0 Å². The molecule has 0 N–H and O–H groups in total. The molecule has 1 nitrogen and oxygen atoms in total. The molecule has 0 unspecified atom stereocenters. The summed E-state index contributed by atoms with van der Waals surface area (Å²) in [5.74, 6) is 0. The van der Waals surface area contributed by atoms with Crippen molar-refractivity contribution in [3.05, 3.63) is 30.3 Å². The number of rotatable bonds is 6. The SMILES string of the molecule is CCCC[Si](OC(C)C)c1ccccc1. The minimum Gasteiger partial charge on any atom is -0.409 e. The van der Waals surface area contributed by atoms with Crippen LogP contribution in [0.25, 0.3) is 0 Å². The van der Waals surface area contributed by atoms with Gasteiger partial charge in [-0.2, -0.15) is 0 Å². The summed E-state index contributed by atoms with van der Waals surface area (Å²) in [6.45, 7) is 6.49. The van der Waals surface area contributed by atoms with Crippen LogP contribution in [-0.4, -0.2) is 15.1 Å². The molecule has 0 bridgehead atoms. The van der Waals surface area contributed by atoms with Crippen molar-refractivity contribution in [2.24, 2.45) is 0 Å². The average molecular weight is 221 g/mol. The van der Waals surface area contributed by atoms with Gasteiger partial charge in [-0.15, -0.1) is 0 Å². The van der Waals surface area contributed by atoms with Crippen molar-refractivity contribution in [2.45, 2.75) is 45.8 Å². The molecular formula is C13H21OSi. The third-order valence-corrected chi connectivity index (χ3v) is 4.77. The fraction of sp³-hybridized carbons (Fsp3) is 0.538. The lowest BCUT2D eigenvalue weighted by Gasteiger charge is -2.18. The fourth-order valence-corrected chi connectivity index (χ4v) is 3.87. The topological polar surface area (TPSA) is 9.23 Å². The lowest BCUT2D eigenvalue weighted by atomic mass is 10.4. The van der Waals surface area contributed by atoms with Gasteiger partial charge in [0.1, 0.15) is 0 Å². The summed E-state index contributed by atoms with van der Waals surface area (Å²) in [4.78, 5) is 0. The van der Waals surface area contributed by atoms with Gasteiger partial charge in [-0.3, -0.25) is 0 Å². The summed E-state index contributed by atoms with van der Waals surface area (Å²) < 4.78 is 6.04. The molecule has 0 saturated carbocycles. The second kappa shape index (κ2) is 6.80. The largest absolute Gasteiger partial charge is 0.409 e. The smallest absolute Gasteiger partial charge is 0.247 e. The van der Waals surface area contributed by atoms with E-state index in [1.165, 1.54) is 24.1 Å². The lowest BCUT2D eigenvalue weighted by Crippen LogP contribution is -2.35. The third kappa shape index (κ3) is 4.63. The van der Waals surface area contributed by atoms with Gasteiger partial charge in [0.05, 0.1) is 0 Å². The Hall–Kier alpha value is -0.603. The summed E-state index contributed by atoms with van der Waals surface area (Å²) in [5.41, 5.74) is 0. The van der Waals surface area contributed by atoms with Crippen LogP contribution in [0.1, 0.15) is 33.6 Å². The van der Waals surface area contributed by atoms with E-state index < -0.39 is 9.04 Å². The maximum absolute atomic E-state index is 6.04. The van der Waals surface area contributed by atoms with Gasteiger partial charge in [-0.25, -0.2) is 0 Å². The standard InChI is InChI=1S/C13H21OSi/c1-4-5-11-15(14-12(2)3)13-9-7-6-8-10-13/h6-10,12H,4-5,11H2,1-3H3. The first-order valence-electron chi connectivity index (χ1n) is 5.82. The molecule has 15 heavy (non-hydrogen) atoms. The molecule has 0 aliphatic carbocycles. The molecule has 1 rings (SSSR count). The number of unbranched alkanes of at least 4 members (excludes halogenated alkanes) is 1. The number of benzene rings is 1. The van der Waals surface area contributed by atoms with Crippen LogP contribution in [0.5, 0.6) is 0 Å². The molecule has 0 aromatic heterocycles. The van der Waals surface area contributed by atoms with Gasteiger partial charge in [0.25, 0.3) is 0 Å². The maximum atomic E-state index is 6.04. The van der Waals surface area contributed by atoms with Crippen molar-refractivity contribution >= 4 is 14.2 Å². The highest BCUT2D eigenvalue weighted by Crippen LogP contribution is 2.06. The Balaban J connectivity index is 2.63. The zero-order valence-electron chi connectivity index (χ0n) is 9.99. The van der Waals surface area contributed by atoms with Crippen molar-refractivity contribution in [3.63, 3.8) is 0 Å². The monoisotopic (exact) mass is 221 g/mol. The van der Waals surface area contributed by atoms with Crippen LogP contribution >= 0.6 is 0 Å². The Morgan fingerprint density at radius 1 is 1.20 bits per heavy atom. The highest BCUT2D eigenvalue weighted by molar-refractivity contribution is 6.67. The first kappa shape index (κ1) is 12.5. The Morgan fingerprint density at radius 3 is 2.40 bits per heavy atom. The minimum atomic E-state index is -0.784. The van der Waals surface area contributed by atoms with Crippen LogP contribution in [0, 0.1) is 0 Å². The van der Waals surface area contributed by atoms with E-state index in [2.05, 4.69) is 51.1 Å². The average Bonchev–Trinajstić information content (AvgIpc) is 2.25. The van der Waals surface area contributed by atoms with E-state index >= 15 is 0 Å². The molecule has 1 aromatic rings. The van der Waals surface area contributed by atoms with Gasteiger partial charge in [-0.05, 0) is 25.1 Å². The Kier molecular flexibility index (Phi) is 5.65. The normalized spacial score (nSPS) is 11.3. The van der Waals surface area contributed by atoms with Gasteiger partial charge in [0.2, 0.25) is 9.04 Å². The van der Waals surface area contributed by atoms with Gasteiger partial charge in [0, 0.05) is 6.10 Å². The molecule has 2 heteroatoms. The molecule has 83 valence electrons. The van der Waals surface area contributed by atoms with E-state index in [0.29, 0.717) is 6.10 Å². The molecule has 0 spiro atoms. The van der Waals surface area contributed by atoms with E-state index in [9.17, 15) is 0 Å². The quantitative estimate of drug-likeness (QED) is 0.671. The Morgan fingerprint density at radius 2 is 1.87 bits per heavy atom. The predicted molar refractivity (Wildman–Crippen MR) is 67.8 cm³/mol. The van der Waals surface area contributed by atoms with Gasteiger partial charge in [0.15, 0.2) is 0 Å². The number of hydrogen-bond acceptors (Lipinski definition) is 1. The first-order valence-corrected chi connectivity index (χ1v) is 7.43. The summed E-state index contributed by atoms with van der Waals surface area (Å²) in [6.07, 6.45) is 2.87. The van der Waals surface area contributed by atoms with Crippen molar-refractivity contribution in [3.8, 4) is 0 Å². The zero-order valence-corrected chi connectivity index (χ0v) is 11.0. The van der Waals surface area contributed by atoms with Crippen LogP contribution < -0.4 is 5.19 Å². The van der Waals surface area contributed by atoms with Crippen LogP contribution in [0.3, 0.4) is 0 Å². The van der Waals surface area contributed by atoms with Crippen molar-refractivity contribution in [1.29, 1.82) is 0 Å². The van der Waals surface area contributed by atoms with E-state index in [1.54, 1.807) is 0 Å². The van der Waals surface area contributed by atoms with E-state index in [4.69, 9.17) is 4.43 Å². The molecule has 0 amide bonds. The van der Waals surface area contributed by atoms with Crippen LogP contribution in [0.15, 0.2) is 30.3 Å². The molecule has 1 radical (unpaired) electrons. The molecule has 1 aromatic carbocycles. The second-order valence-electron chi connectivity index (χ2n) is 4.06. The van der Waals surface area contributed by atoms with Crippen LogP contribution in [0.2, 0.25) is 6.04 Å². The summed E-state index contributed by atoms with van der Waals surface area (Å²) in [5, 5.41) is 1.41.